The summed E-state index contributed by atoms with van der Waals surface area (Å²) in [7, 11) is 0. The summed E-state index contributed by atoms with van der Waals surface area (Å²) in [5, 5.41) is 6.60. The molecule has 1 atom stereocenters. The van der Waals surface area contributed by atoms with Gasteiger partial charge in [-0.3, -0.25) is 19.5 Å². The molecule has 31 heavy (non-hydrogen) atoms. The van der Waals surface area contributed by atoms with Gasteiger partial charge in [0.1, 0.15) is 12.5 Å². The van der Waals surface area contributed by atoms with Gasteiger partial charge in [-0.25, -0.2) is 4.39 Å². The van der Waals surface area contributed by atoms with E-state index < -0.39 is 11.7 Å². The van der Waals surface area contributed by atoms with Crippen LogP contribution in [0.2, 0.25) is 0 Å². The molecule has 0 aromatic heterocycles. The molecule has 2 aliphatic heterocycles. The zero-order chi connectivity index (χ0) is 21.5. The van der Waals surface area contributed by atoms with E-state index in [4.69, 9.17) is 5.10 Å². The lowest BCUT2D eigenvalue weighted by Crippen LogP contribution is -2.39. The Kier molecular flexibility index (Phi) is 4.90. The van der Waals surface area contributed by atoms with Crippen LogP contribution in [-0.4, -0.2) is 29.1 Å². The van der Waals surface area contributed by atoms with E-state index in [1.807, 2.05) is 24.3 Å². The van der Waals surface area contributed by atoms with E-state index in [1.165, 1.54) is 17.0 Å². The third kappa shape index (κ3) is 3.55. The average Bonchev–Trinajstić information content (AvgIpc) is 3.30. The first kappa shape index (κ1) is 19.6. The van der Waals surface area contributed by atoms with Crippen LogP contribution < -0.4 is 4.90 Å². The first-order chi connectivity index (χ1) is 15.0. The van der Waals surface area contributed by atoms with Gasteiger partial charge < -0.3 is 0 Å². The third-order valence-corrected chi connectivity index (χ3v) is 6.12. The molecule has 3 aromatic rings. The molecule has 0 fully saturated rings. The number of fused-ring (bicyclic) bond motifs is 1. The fourth-order valence-electron chi connectivity index (χ4n) is 4.01. The molecule has 0 N–H and O–H groups in total. The summed E-state index contributed by atoms with van der Waals surface area (Å²) in [6.45, 7) is 0.129. The number of carbonyl (C=O) groups excluding carboxylic acids is 2. The van der Waals surface area contributed by atoms with Crippen molar-refractivity contribution in [3.05, 3.63) is 99.8 Å². The number of benzene rings is 3. The van der Waals surface area contributed by atoms with Gasteiger partial charge in [-0.05, 0) is 47.5 Å². The Morgan fingerprint density at radius 2 is 1.68 bits per heavy atom. The minimum absolute atomic E-state index is 0.129. The van der Waals surface area contributed by atoms with Crippen LogP contribution in [-0.2, 0) is 4.79 Å². The number of rotatable bonds is 4. The number of ketones is 1. The van der Waals surface area contributed by atoms with Crippen molar-refractivity contribution in [3.63, 3.8) is 0 Å². The van der Waals surface area contributed by atoms with Crippen LogP contribution in [0.15, 0.2) is 82.4 Å². The molecule has 0 saturated carbocycles. The van der Waals surface area contributed by atoms with E-state index in [0.717, 1.165) is 21.3 Å². The summed E-state index contributed by atoms with van der Waals surface area (Å²) >= 11 is 3.45. The van der Waals surface area contributed by atoms with Gasteiger partial charge in [0.2, 0.25) is 0 Å². The van der Waals surface area contributed by atoms with Crippen LogP contribution in [0.25, 0.3) is 0 Å². The molecule has 5 nitrogen and oxygen atoms in total. The van der Waals surface area contributed by atoms with Gasteiger partial charge in [0.25, 0.3) is 5.78 Å². The van der Waals surface area contributed by atoms with E-state index >= 15 is 0 Å². The van der Waals surface area contributed by atoms with Crippen molar-refractivity contribution in [3.8, 4) is 0 Å². The minimum Gasteiger partial charge on any atom is -0.285 e. The van der Waals surface area contributed by atoms with E-state index in [9.17, 15) is 14.0 Å². The maximum atomic E-state index is 13.5. The molecule has 0 saturated heterocycles. The van der Waals surface area contributed by atoms with E-state index in [-0.39, 0.29) is 18.5 Å². The fraction of sp³-hybridized carbons (Fsp3) is 0.125. The van der Waals surface area contributed by atoms with Gasteiger partial charge in [-0.15, -0.1) is 0 Å². The molecular weight excluding hydrogens is 461 g/mol. The number of Topliss-reactive ketones (excluding diaryl/α,β-unsaturated/α-hetero) is 1. The molecule has 2 heterocycles. The summed E-state index contributed by atoms with van der Waals surface area (Å²) in [5.74, 6) is -1.38. The van der Waals surface area contributed by atoms with E-state index in [1.54, 1.807) is 41.4 Å². The largest absolute Gasteiger partial charge is 0.301 e. The highest BCUT2D eigenvalue weighted by molar-refractivity contribution is 9.10. The van der Waals surface area contributed by atoms with Crippen LogP contribution in [0.3, 0.4) is 0 Å². The topological polar surface area (TPSA) is 53.0 Å². The van der Waals surface area contributed by atoms with Crippen LogP contribution in [0.4, 0.5) is 10.1 Å². The highest BCUT2D eigenvalue weighted by atomic mass is 79.9. The Morgan fingerprint density at radius 3 is 2.42 bits per heavy atom. The van der Waals surface area contributed by atoms with E-state index in [2.05, 4.69) is 15.9 Å². The normalized spacial score (nSPS) is 17.9. The summed E-state index contributed by atoms with van der Waals surface area (Å²) < 4.78 is 14.5. The summed E-state index contributed by atoms with van der Waals surface area (Å²) in [4.78, 5) is 26.5. The number of hydrazone groups is 1. The van der Waals surface area contributed by atoms with Crippen molar-refractivity contribution in [2.24, 2.45) is 5.10 Å². The molecule has 154 valence electrons. The smallest absolute Gasteiger partial charge is 0.285 e. The van der Waals surface area contributed by atoms with Crippen molar-refractivity contribution in [1.82, 2.24) is 5.01 Å². The van der Waals surface area contributed by atoms with Crippen molar-refractivity contribution < 1.29 is 14.0 Å². The van der Waals surface area contributed by atoms with Gasteiger partial charge >= 0.3 is 5.91 Å². The molecule has 3 aromatic carbocycles. The quantitative estimate of drug-likeness (QED) is 0.500. The fourth-order valence-corrected chi connectivity index (χ4v) is 4.27. The molecule has 1 amide bonds. The molecule has 5 rings (SSSR count). The number of anilines is 1. The van der Waals surface area contributed by atoms with E-state index in [0.29, 0.717) is 17.7 Å². The second-order valence-corrected chi connectivity index (χ2v) is 8.40. The molecule has 0 radical (unpaired) electrons. The SMILES string of the molecule is O=C1C(=O)N(CN2N=C(c3ccc(Br)cc3)C[C@H]2c2ccc(F)cc2)c2ccccc21. The van der Waals surface area contributed by atoms with Crippen molar-refractivity contribution in [2.45, 2.75) is 12.5 Å². The lowest BCUT2D eigenvalue weighted by atomic mass is 9.98. The second-order valence-electron chi connectivity index (χ2n) is 7.49. The molecule has 0 bridgehead atoms. The molecule has 2 aliphatic rings. The number of hydrogen-bond donors (Lipinski definition) is 0. The third-order valence-electron chi connectivity index (χ3n) is 5.59. The van der Waals surface area contributed by atoms with Gasteiger partial charge in [-0.1, -0.05) is 52.3 Å². The molecule has 0 unspecified atom stereocenters. The second kappa shape index (κ2) is 7.74. The Hall–Kier alpha value is -3.32. The van der Waals surface area contributed by atoms with Crippen LogP contribution in [0, 0.1) is 5.82 Å². The number of nitrogens with zero attached hydrogens (tertiary/aromatic N) is 3. The Balaban J connectivity index is 1.51. The van der Waals surface area contributed by atoms with Gasteiger partial charge in [0.15, 0.2) is 0 Å². The van der Waals surface area contributed by atoms with Crippen LogP contribution >= 0.6 is 15.9 Å². The molecule has 0 spiro atoms. The predicted octanol–water partition coefficient (Wildman–Crippen LogP) is 4.93. The van der Waals surface area contributed by atoms with Crippen molar-refractivity contribution >= 4 is 39.0 Å². The monoisotopic (exact) mass is 477 g/mol. The van der Waals surface area contributed by atoms with Crippen molar-refractivity contribution in [2.75, 3.05) is 11.6 Å². The highest BCUT2D eigenvalue weighted by Crippen LogP contribution is 2.36. The summed E-state index contributed by atoms with van der Waals surface area (Å²) in [6, 6.07) is 21.0. The lowest BCUT2D eigenvalue weighted by Gasteiger charge is -2.28. The van der Waals surface area contributed by atoms with Gasteiger partial charge in [-0.2, -0.15) is 5.10 Å². The number of halogens is 2. The lowest BCUT2D eigenvalue weighted by molar-refractivity contribution is -0.114. The van der Waals surface area contributed by atoms with Crippen LogP contribution in [0.5, 0.6) is 0 Å². The number of amides is 1. The van der Waals surface area contributed by atoms with Gasteiger partial charge in [0.05, 0.1) is 23.0 Å². The maximum Gasteiger partial charge on any atom is 0.301 e. The zero-order valence-electron chi connectivity index (χ0n) is 16.3. The van der Waals surface area contributed by atoms with Gasteiger partial charge in [0, 0.05) is 10.9 Å². The Labute approximate surface area is 186 Å². The first-order valence-electron chi connectivity index (χ1n) is 9.82. The summed E-state index contributed by atoms with van der Waals surface area (Å²) in [6.07, 6.45) is 0.602. The van der Waals surface area contributed by atoms with Crippen LogP contribution in [0.1, 0.15) is 33.9 Å². The zero-order valence-corrected chi connectivity index (χ0v) is 17.9. The maximum absolute atomic E-state index is 13.5. The number of para-hydroxylation sites is 1. The standard InChI is InChI=1S/C24H17BrFN3O2/c25-17-9-5-15(6-10-17)20-13-22(16-7-11-18(26)12-8-16)29(27-20)14-28-21-4-2-1-3-19(21)23(30)24(28)31/h1-12,22H,13-14H2/t22-/m0/s1. The molecule has 0 aliphatic carbocycles. The Bertz CT molecular complexity index is 1210. The first-order valence-corrected chi connectivity index (χ1v) is 10.6. The number of carbonyl (C=O) groups is 2. The Morgan fingerprint density at radius 1 is 0.968 bits per heavy atom. The number of hydrogen-bond acceptors (Lipinski definition) is 4. The highest BCUT2D eigenvalue weighted by Gasteiger charge is 2.39. The molecule has 7 heteroatoms. The minimum atomic E-state index is -0.564. The van der Waals surface area contributed by atoms with Crippen molar-refractivity contribution in [1.29, 1.82) is 0 Å². The summed E-state index contributed by atoms with van der Waals surface area (Å²) in [5.41, 5.74) is 3.73. The molecular formula is C24H17BrFN3O2. The predicted molar refractivity (Wildman–Crippen MR) is 119 cm³/mol. The average molecular weight is 478 g/mol.